The summed E-state index contributed by atoms with van der Waals surface area (Å²) in [6, 6.07) is 9.73. The maximum absolute atomic E-state index is 10.9. The standard InChI is InChI=1S/C14H16ClNO4S3/c1-11-13(9-10-16(2)12-7-5-4-6-8-12)23(20-15(17,18)19)22-14(11)21-3/h4-10H,1-3H3/b10-9+. The minimum atomic E-state index is -4.46. The SMILES string of the molecule is CSC1=C(C)C(/C=C/N(C)c2ccccc2)=S(O[Cl+3]([O-])([O-])[O-])S1. The molecular formula is C14H16ClNO4S3. The van der Waals surface area contributed by atoms with E-state index in [1.165, 1.54) is 22.6 Å². The number of hydrogen-bond donors (Lipinski definition) is 0. The van der Waals surface area contributed by atoms with Crippen LogP contribution in [0.4, 0.5) is 5.69 Å². The van der Waals surface area contributed by atoms with Crippen molar-refractivity contribution in [1.29, 1.82) is 0 Å². The van der Waals surface area contributed by atoms with Crippen LogP contribution >= 0.6 is 32.4 Å². The Morgan fingerprint density at radius 2 is 1.91 bits per heavy atom. The lowest BCUT2D eigenvalue weighted by molar-refractivity contribution is -1.91. The lowest BCUT2D eigenvalue weighted by Gasteiger charge is -2.14. The van der Waals surface area contributed by atoms with Crippen molar-refractivity contribution in [3.63, 3.8) is 0 Å². The van der Waals surface area contributed by atoms with Gasteiger partial charge in [-0.3, -0.25) is 0 Å². The maximum Gasteiger partial charge on any atom is 0.180 e. The molecule has 5 nitrogen and oxygen atoms in total. The van der Waals surface area contributed by atoms with Crippen molar-refractivity contribution in [2.45, 2.75) is 6.92 Å². The molecular weight excluding hydrogens is 378 g/mol. The van der Waals surface area contributed by atoms with Gasteiger partial charge in [0, 0.05) is 18.9 Å². The van der Waals surface area contributed by atoms with Gasteiger partial charge in [-0.25, -0.2) is 0 Å². The van der Waals surface area contributed by atoms with Gasteiger partial charge in [-0.05, 0) is 47.8 Å². The number of nitrogens with zero attached hydrogens (tertiary/aromatic N) is 1. The molecule has 1 unspecified atom stereocenters. The van der Waals surface area contributed by atoms with Crippen LogP contribution in [0.2, 0.25) is 0 Å². The first-order chi connectivity index (χ1) is 10.8. The molecule has 0 aromatic heterocycles. The average molecular weight is 394 g/mol. The molecule has 0 N–H and O–H groups in total. The number of para-hydroxylation sites is 1. The number of halogens is 1. The van der Waals surface area contributed by atoms with E-state index in [9.17, 15) is 14.0 Å². The summed E-state index contributed by atoms with van der Waals surface area (Å²) in [7, 11) is -2.47. The highest BCUT2D eigenvalue weighted by Gasteiger charge is 2.32. The third kappa shape index (κ3) is 5.27. The second-order valence-corrected chi connectivity index (χ2v) is 9.73. The molecule has 126 valence electrons. The van der Waals surface area contributed by atoms with Crippen molar-refractivity contribution in [2.24, 2.45) is 0 Å². The Hall–Kier alpha value is -0.450. The summed E-state index contributed by atoms with van der Waals surface area (Å²) in [5.41, 5.74) is 1.93. The zero-order valence-electron chi connectivity index (χ0n) is 12.7. The fourth-order valence-electron chi connectivity index (χ4n) is 1.81. The first-order valence-electron chi connectivity index (χ1n) is 6.43. The Kier molecular flexibility index (Phi) is 6.64. The van der Waals surface area contributed by atoms with Gasteiger partial charge in [0.2, 0.25) is 0 Å². The molecule has 1 aromatic rings. The molecule has 0 amide bonds. The highest BCUT2D eigenvalue weighted by molar-refractivity contribution is 8.85. The van der Waals surface area contributed by atoms with E-state index in [4.69, 9.17) is 0 Å². The van der Waals surface area contributed by atoms with E-state index in [2.05, 4.69) is 3.74 Å². The van der Waals surface area contributed by atoms with Gasteiger partial charge in [-0.2, -0.15) is 14.0 Å². The van der Waals surface area contributed by atoms with Crippen LogP contribution in [0.1, 0.15) is 6.92 Å². The molecule has 1 aliphatic rings. The predicted octanol–water partition coefficient (Wildman–Crippen LogP) is 1.16. The van der Waals surface area contributed by atoms with Crippen LogP contribution in [0, 0.1) is 10.2 Å². The van der Waals surface area contributed by atoms with Crippen LogP contribution in [-0.2, 0) is 3.74 Å². The fraction of sp³-hybridized carbons (Fsp3) is 0.214. The molecule has 2 rings (SSSR count). The molecule has 0 saturated carbocycles. The third-order valence-corrected chi connectivity index (χ3v) is 9.12. The monoisotopic (exact) mass is 393 g/mol. The summed E-state index contributed by atoms with van der Waals surface area (Å²) < 4.78 is 38.3. The van der Waals surface area contributed by atoms with Crippen molar-refractivity contribution in [2.75, 3.05) is 18.2 Å². The highest BCUT2D eigenvalue weighted by atomic mass is 35.7. The summed E-state index contributed by atoms with van der Waals surface area (Å²) in [5.74, 6) is 0. The van der Waals surface area contributed by atoms with Gasteiger partial charge in [-0.1, -0.05) is 18.2 Å². The Labute approximate surface area is 148 Å². The van der Waals surface area contributed by atoms with E-state index in [0.717, 1.165) is 15.5 Å². The van der Waals surface area contributed by atoms with Crippen LogP contribution < -0.4 is 18.9 Å². The first-order valence-corrected chi connectivity index (χ1v) is 11.4. The Morgan fingerprint density at radius 3 is 2.48 bits per heavy atom. The number of benzene rings is 1. The molecule has 0 fully saturated rings. The van der Waals surface area contributed by atoms with Crippen LogP contribution in [0.25, 0.3) is 0 Å². The zero-order chi connectivity index (χ0) is 17.0. The molecule has 1 aliphatic heterocycles. The second-order valence-electron chi connectivity index (χ2n) is 4.50. The lowest BCUT2D eigenvalue weighted by atomic mass is 10.2. The van der Waals surface area contributed by atoms with E-state index >= 15 is 0 Å². The van der Waals surface area contributed by atoms with Gasteiger partial charge >= 0.3 is 0 Å². The summed E-state index contributed by atoms with van der Waals surface area (Å²) in [4.78, 5) is 2.61. The van der Waals surface area contributed by atoms with Crippen molar-refractivity contribution in [1.82, 2.24) is 0 Å². The van der Waals surface area contributed by atoms with Gasteiger partial charge < -0.3 is 4.90 Å². The fourth-order valence-corrected chi connectivity index (χ4v) is 8.12. The van der Waals surface area contributed by atoms with E-state index in [1.54, 1.807) is 6.08 Å². The van der Waals surface area contributed by atoms with Crippen LogP contribution in [0.5, 0.6) is 0 Å². The Bertz CT molecular complexity index is 656. The number of hydrogen-bond acceptors (Lipinski definition) is 7. The quantitative estimate of drug-likeness (QED) is 0.407. The smallest absolute Gasteiger partial charge is 0.180 e. The largest absolute Gasteiger partial charge is 0.351 e. The van der Waals surface area contributed by atoms with Crippen LogP contribution in [0.15, 0.2) is 52.4 Å². The van der Waals surface area contributed by atoms with Gasteiger partial charge in [0.15, 0.2) is 9.80 Å². The Balaban J connectivity index is 2.26. The molecule has 0 saturated heterocycles. The van der Waals surface area contributed by atoms with E-state index in [0.29, 0.717) is 4.86 Å². The molecule has 1 atom stereocenters. The van der Waals surface area contributed by atoms with Crippen molar-refractivity contribution >= 4 is 42.9 Å². The first kappa shape index (κ1) is 18.9. The minimum absolute atomic E-state index is 0.703. The minimum Gasteiger partial charge on any atom is -0.351 e. The van der Waals surface area contributed by atoms with Crippen LogP contribution in [-0.4, -0.2) is 18.2 Å². The second kappa shape index (κ2) is 8.09. The molecule has 23 heavy (non-hydrogen) atoms. The third-order valence-electron chi connectivity index (χ3n) is 2.94. The summed E-state index contributed by atoms with van der Waals surface area (Å²) >= 11 is 1.51. The lowest BCUT2D eigenvalue weighted by Crippen LogP contribution is -2.60. The number of rotatable bonds is 6. The van der Waals surface area contributed by atoms with Gasteiger partial charge in [0.25, 0.3) is 0 Å². The maximum atomic E-state index is 10.9. The molecule has 0 radical (unpaired) electrons. The molecule has 1 heterocycles. The van der Waals surface area contributed by atoms with Crippen molar-refractivity contribution < 1.29 is 28.0 Å². The molecule has 0 aliphatic carbocycles. The predicted molar refractivity (Wildman–Crippen MR) is 91.5 cm³/mol. The summed E-state index contributed by atoms with van der Waals surface area (Å²) in [6.07, 6.45) is 5.53. The molecule has 1 aromatic carbocycles. The van der Waals surface area contributed by atoms with E-state index in [1.807, 2.05) is 61.7 Å². The van der Waals surface area contributed by atoms with Gasteiger partial charge in [-0.15, -0.1) is 11.8 Å². The summed E-state index contributed by atoms with van der Waals surface area (Å²) in [6.45, 7) is 1.89. The van der Waals surface area contributed by atoms with E-state index in [-0.39, 0.29) is 0 Å². The van der Waals surface area contributed by atoms with Crippen molar-refractivity contribution in [3.8, 4) is 0 Å². The highest BCUT2D eigenvalue weighted by Crippen LogP contribution is 2.52. The number of anilines is 1. The van der Waals surface area contributed by atoms with Crippen molar-refractivity contribution in [3.05, 3.63) is 52.4 Å². The van der Waals surface area contributed by atoms with Gasteiger partial charge in [0.1, 0.15) is 3.74 Å². The van der Waals surface area contributed by atoms with E-state index < -0.39 is 20.0 Å². The van der Waals surface area contributed by atoms with Gasteiger partial charge in [0.05, 0.1) is 19.3 Å². The number of thioether (sulfide) groups is 1. The molecule has 0 spiro atoms. The number of allylic oxidation sites excluding steroid dienone is 2. The summed E-state index contributed by atoms with van der Waals surface area (Å²) in [5, 5.41) is 0. The Morgan fingerprint density at radius 1 is 1.26 bits per heavy atom. The molecule has 0 bridgehead atoms. The topological polar surface area (TPSA) is 81.7 Å². The molecule has 9 heteroatoms. The average Bonchev–Trinajstić information content (AvgIpc) is 2.79. The van der Waals surface area contributed by atoms with Crippen LogP contribution in [0.3, 0.4) is 0 Å². The normalized spacial score (nSPS) is 19.0. The zero-order valence-corrected chi connectivity index (χ0v) is 15.9.